The molecule has 0 spiro atoms. The molecular formula is C9H9ClN2O. The van der Waals surface area contributed by atoms with Gasteiger partial charge in [0, 0.05) is 12.1 Å². The lowest BCUT2D eigenvalue weighted by molar-refractivity contribution is 0.891. The number of imidazole rings is 1. The lowest BCUT2D eigenvalue weighted by Gasteiger charge is -1.98. The van der Waals surface area contributed by atoms with E-state index in [0.717, 1.165) is 16.6 Å². The van der Waals surface area contributed by atoms with Gasteiger partial charge >= 0.3 is 5.69 Å². The summed E-state index contributed by atoms with van der Waals surface area (Å²) in [6.07, 6.45) is 0. The average molecular weight is 197 g/mol. The van der Waals surface area contributed by atoms with Gasteiger partial charge in [-0.1, -0.05) is 11.6 Å². The monoisotopic (exact) mass is 196 g/mol. The number of nitrogens with one attached hydrogen (secondary N) is 1. The Balaban J connectivity index is 2.97. The van der Waals surface area contributed by atoms with Crippen LogP contribution in [0.1, 0.15) is 5.56 Å². The van der Waals surface area contributed by atoms with E-state index in [1.807, 2.05) is 13.0 Å². The first-order valence-electron chi connectivity index (χ1n) is 3.94. The molecule has 1 N–H and O–H groups in total. The number of hydrogen-bond acceptors (Lipinski definition) is 1. The van der Waals surface area contributed by atoms with Crippen molar-refractivity contribution in [2.45, 2.75) is 6.92 Å². The van der Waals surface area contributed by atoms with E-state index in [4.69, 9.17) is 11.6 Å². The summed E-state index contributed by atoms with van der Waals surface area (Å²) < 4.78 is 1.54. The predicted octanol–water partition coefficient (Wildman–Crippen LogP) is 1.83. The van der Waals surface area contributed by atoms with Crippen LogP contribution >= 0.6 is 11.6 Å². The van der Waals surface area contributed by atoms with Gasteiger partial charge in [-0.3, -0.25) is 4.57 Å². The normalized spacial score (nSPS) is 11.0. The van der Waals surface area contributed by atoms with Crippen molar-refractivity contribution >= 4 is 22.6 Å². The Hall–Kier alpha value is -1.22. The molecule has 0 fully saturated rings. The molecule has 0 saturated carbocycles. The number of hydrogen-bond donors (Lipinski definition) is 1. The van der Waals surface area contributed by atoms with Gasteiger partial charge in [0.15, 0.2) is 0 Å². The van der Waals surface area contributed by atoms with Crippen molar-refractivity contribution in [3.05, 3.63) is 33.2 Å². The standard InChI is InChI=1S/C9H9ClN2O/c1-5-3-7-8(4-6(5)10)12(2)9(13)11-7/h3-4H,1-2H3,(H,11,13). The summed E-state index contributed by atoms with van der Waals surface area (Å²) in [6, 6.07) is 3.67. The van der Waals surface area contributed by atoms with Crippen LogP contribution in [-0.2, 0) is 7.05 Å². The van der Waals surface area contributed by atoms with Crippen molar-refractivity contribution in [3.8, 4) is 0 Å². The van der Waals surface area contributed by atoms with Crippen molar-refractivity contribution in [1.82, 2.24) is 9.55 Å². The lowest BCUT2D eigenvalue weighted by atomic mass is 10.2. The summed E-state index contributed by atoms with van der Waals surface area (Å²) in [5.74, 6) is 0. The molecule has 0 atom stereocenters. The van der Waals surface area contributed by atoms with Crippen molar-refractivity contribution in [2.75, 3.05) is 0 Å². The van der Waals surface area contributed by atoms with E-state index in [-0.39, 0.29) is 5.69 Å². The highest BCUT2D eigenvalue weighted by atomic mass is 35.5. The number of fused-ring (bicyclic) bond motifs is 1. The first-order chi connectivity index (χ1) is 6.09. The minimum absolute atomic E-state index is 0.114. The van der Waals surface area contributed by atoms with E-state index in [9.17, 15) is 4.79 Å². The van der Waals surface area contributed by atoms with E-state index in [1.54, 1.807) is 17.7 Å². The summed E-state index contributed by atoms with van der Waals surface area (Å²) in [5.41, 5.74) is 2.52. The Labute approximate surface area is 79.9 Å². The Bertz CT molecular complexity index is 524. The third-order valence-electron chi connectivity index (χ3n) is 2.18. The molecule has 68 valence electrons. The quantitative estimate of drug-likeness (QED) is 0.686. The zero-order valence-corrected chi connectivity index (χ0v) is 8.14. The molecule has 0 saturated heterocycles. The SMILES string of the molecule is Cc1cc2[nH]c(=O)n(C)c2cc1Cl. The van der Waals surface area contributed by atoms with Crippen LogP contribution in [-0.4, -0.2) is 9.55 Å². The Morgan fingerprint density at radius 1 is 1.46 bits per heavy atom. The van der Waals surface area contributed by atoms with E-state index < -0.39 is 0 Å². The van der Waals surface area contributed by atoms with Crippen LogP contribution in [0, 0.1) is 6.92 Å². The van der Waals surface area contributed by atoms with Gasteiger partial charge in [0.25, 0.3) is 0 Å². The average Bonchev–Trinajstić information content (AvgIpc) is 2.32. The molecular weight excluding hydrogens is 188 g/mol. The van der Waals surface area contributed by atoms with Gasteiger partial charge in [0.05, 0.1) is 11.0 Å². The van der Waals surface area contributed by atoms with Crippen LogP contribution in [0.15, 0.2) is 16.9 Å². The molecule has 1 heterocycles. The highest BCUT2D eigenvalue weighted by Gasteiger charge is 2.05. The number of halogens is 1. The number of H-pyrrole nitrogens is 1. The lowest BCUT2D eigenvalue weighted by Crippen LogP contribution is -2.11. The number of aromatic nitrogens is 2. The van der Waals surface area contributed by atoms with Crippen molar-refractivity contribution in [2.24, 2.45) is 7.05 Å². The van der Waals surface area contributed by atoms with Gasteiger partial charge < -0.3 is 4.98 Å². The molecule has 2 rings (SSSR count). The Kier molecular flexibility index (Phi) is 1.70. The van der Waals surface area contributed by atoms with Crippen LogP contribution in [0.2, 0.25) is 5.02 Å². The first-order valence-corrected chi connectivity index (χ1v) is 4.32. The topological polar surface area (TPSA) is 37.8 Å². The summed E-state index contributed by atoms with van der Waals surface area (Å²) in [7, 11) is 1.72. The van der Waals surface area contributed by atoms with Crippen LogP contribution < -0.4 is 5.69 Å². The summed E-state index contributed by atoms with van der Waals surface area (Å²) in [4.78, 5) is 14.0. The fraction of sp³-hybridized carbons (Fsp3) is 0.222. The molecule has 0 amide bonds. The molecule has 0 unspecified atom stereocenters. The highest BCUT2D eigenvalue weighted by molar-refractivity contribution is 6.32. The summed E-state index contributed by atoms with van der Waals surface area (Å²) >= 11 is 5.94. The minimum atomic E-state index is -0.114. The van der Waals surface area contributed by atoms with Crippen molar-refractivity contribution in [1.29, 1.82) is 0 Å². The van der Waals surface area contributed by atoms with Gasteiger partial charge in [-0.25, -0.2) is 4.79 Å². The molecule has 0 aliphatic rings. The second-order valence-corrected chi connectivity index (χ2v) is 3.51. The van der Waals surface area contributed by atoms with Gasteiger partial charge in [-0.2, -0.15) is 0 Å². The van der Waals surface area contributed by atoms with Crippen LogP contribution in [0.5, 0.6) is 0 Å². The zero-order chi connectivity index (χ0) is 9.59. The molecule has 13 heavy (non-hydrogen) atoms. The van der Waals surface area contributed by atoms with E-state index in [0.29, 0.717) is 5.02 Å². The largest absolute Gasteiger partial charge is 0.326 e. The molecule has 3 nitrogen and oxygen atoms in total. The Morgan fingerprint density at radius 2 is 2.15 bits per heavy atom. The van der Waals surface area contributed by atoms with Crippen LogP contribution in [0.3, 0.4) is 0 Å². The Morgan fingerprint density at radius 3 is 2.85 bits per heavy atom. The maximum absolute atomic E-state index is 11.2. The van der Waals surface area contributed by atoms with Gasteiger partial charge in [0.2, 0.25) is 0 Å². The number of benzene rings is 1. The van der Waals surface area contributed by atoms with Gasteiger partial charge in [0.1, 0.15) is 0 Å². The third kappa shape index (κ3) is 1.16. The maximum atomic E-state index is 11.2. The molecule has 0 bridgehead atoms. The highest BCUT2D eigenvalue weighted by Crippen LogP contribution is 2.20. The van der Waals surface area contributed by atoms with E-state index in [2.05, 4.69) is 4.98 Å². The van der Waals surface area contributed by atoms with Crippen LogP contribution in [0.25, 0.3) is 11.0 Å². The minimum Gasteiger partial charge on any atom is -0.306 e. The maximum Gasteiger partial charge on any atom is 0.326 e. The molecule has 0 aliphatic carbocycles. The number of aromatic amines is 1. The number of nitrogens with zero attached hydrogens (tertiary/aromatic N) is 1. The van der Waals surface area contributed by atoms with Crippen molar-refractivity contribution in [3.63, 3.8) is 0 Å². The zero-order valence-electron chi connectivity index (χ0n) is 7.39. The summed E-state index contributed by atoms with van der Waals surface area (Å²) in [6.45, 7) is 1.91. The first kappa shape index (κ1) is 8.38. The van der Waals surface area contributed by atoms with E-state index in [1.165, 1.54) is 0 Å². The molecule has 0 aliphatic heterocycles. The van der Waals surface area contributed by atoms with Gasteiger partial charge in [-0.15, -0.1) is 0 Å². The molecule has 1 aromatic heterocycles. The second-order valence-electron chi connectivity index (χ2n) is 3.11. The second kappa shape index (κ2) is 2.64. The fourth-order valence-electron chi connectivity index (χ4n) is 1.36. The third-order valence-corrected chi connectivity index (χ3v) is 2.59. The predicted molar refractivity (Wildman–Crippen MR) is 53.3 cm³/mol. The molecule has 1 aromatic carbocycles. The smallest absolute Gasteiger partial charge is 0.306 e. The number of rotatable bonds is 0. The van der Waals surface area contributed by atoms with E-state index >= 15 is 0 Å². The summed E-state index contributed by atoms with van der Waals surface area (Å²) in [5, 5.41) is 0.683. The van der Waals surface area contributed by atoms with Gasteiger partial charge in [-0.05, 0) is 24.6 Å². The molecule has 4 heteroatoms. The van der Waals surface area contributed by atoms with Crippen LogP contribution in [0.4, 0.5) is 0 Å². The number of aryl methyl sites for hydroxylation is 2. The molecule has 2 aromatic rings. The van der Waals surface area contributed by atoms with Crippen molar-refractivity contribution < 1.29 is 0 Å². The fourth-order valence-corrected chi connectivity index (χ4v) is 1.51. The molecule has 0 radical (unpaired) electrons.